The number of likely N-dealkylation sites (tertiary alicyclic amines) is 1. The number of rotatable bonds is 7. The predicted molar refractivity (Wildman–Crippen MR) is 136 cm³/mol. The summed E-state index contributed by atoms with van der Waals surface area (Å²) in [4.78, 5) is 54.6. The maximum absolute atomic E-state index is 13.5. The summed E-state index contributed by atoms with van der Waals surface area (Å²) >= 11 is 0.848. The molecule has 1 aromatic heterocycles. The van der Waals surface area contributed by atoms with Crippen LogP contribution in [0.5, 0.6) is 0 Å². The SMILES string of the molecule is CC(=O)OC1CCN(C(=O)c2sc3c(c2C)C(=O)N(CC(=O)c2ccccc2)C(O)N3CCC(F)(F)F)CC1. The standard InChI is InChI=1S/C26H28F3N3O6S/c1-15-20-22(35)32(14-19(34)17-6-4-3-5-7-17)25(37)31(13-10-26(27,28)29)24(20)39-21(15)23(36)30-11-8-18(9-12-30)38-16(2)33/h3-7,18,25,37H,8-14H2,1-2H3. The average Bonchev–Trinajstić information content (AvgIpc) is 3.22. The predicted octanol–water partition coefficient (Wildman–Crippen LogP) is 3.60. The van der Waals surface area contributed by atoms with Gasteiger partial charge in [0.1, 0.15) is 11.1 Å². The Bertz CT molecular complexity index is 1260. The Morgan fingerprint density at radius 2 is 1.74 bits per heavy atom. The molecule has 13 heteroatoms. The van der Waals surface area contributed by atoms with Crippen molar-refractivity contribution in [2.24, 2.45) is 0 Å². The second kappa shape index (κ2) is 11.3. The first-order valence-electron chi connectivity index (χ1n) is 12.4. The molecule has 0 radical (unpaired) electrons. The molecule has 1 N–H and O–H groups in total. The molecule has 0 spiro atoms. The van der Waals surface area contributed by atoms with Crippen molar-refractivity contribution in [3.63, 3.8) is 0 Å². The van der Waals surface area contributed by atoms with Gasteiger partial charge in [0.25, 0.3) is 11.8 Å². The van der Waals surface area contributed by atoms with Gasteiger partial charge in [-0.1, -0.05) is 30.3 Å². The lowest BCUT2D eigenvalue weighted by atomic mass is 10.0. The zero-order chi connectivity index (χ0) is 28.5. The van der Waals surface area contributed by atoms with Crippen molar-refractivity contribution in [2.45, 2.75) is 51.7 Å². The Balaban J connectivity index is 1.63. The number of halogens is 3. The number of alkyl halides is 3. The first-order chi connectivity index (χ1) is 18.4. The third-order valence-corrected chi connectivity index (χ3v) is 8.04. The first-order valence-corrected chi connectivity index (χ1v) is 13.2. The van der Waals surface area contributed by atoms with Gasteiger partial charge < -0.3 is 19.6 Å². The van der Waals surface area contributed by atoms with Crippen LogP contribution in [0.3, 0.4) is 0 Å². The minimum absolute atomic E-state index is 0.00788. The van der Waals surface area contributed by atoms with Crippen molar-refractivity contribution in [2.75, 3.05) is 31.1 Å². The van der Waals surface area contributed by atoms with E-state index in [9.17, 15) is 37.5 Å². The lowest BCUT2D eigenvalue weighted by molar-refractivity contribution is -0.148. The fraction of sp³-hybridized carbons (Fsp3) is 0.462. The number of ether oxygens (including phenoxy) is 1. The third-order valence-electron chi connectivity index (χ3n) is 6.72. The van der Waals surface area contributed by atoms with Crippen LogP contribution < -0.4 is 4.90 Å². The van der Waals surface area contributed by atoms with E-state index < -0.39 is 55.6 Å². The Hall–Kier alpha value is -3.45. The number of aliphatic hydroxyl groups is 1. The number of ketones is 1. The van der Waals surface area contributed by atoms with Gasteiger partial charge in [-0.25, -0.2) is 0 Å². The molecule has 4 rings (SSSR count). The molecule has 9 nitrogen and oxygen atoms in total. The summed E-state index contributed by atoms with van der Waals surface area (Å²) in [5, 5.41) is 11.1. The molecule has 1 saturated heterocycles. The number of fused-ring (bicyclic) bond motifs is 1. The topological polar surface area (TPSA) is 107 Å². The number of anilines is 1. The fourth-order valence-corrected chi connectivity index (χ4v) is 6.03. The Morgan fingerprint density at radius 3 is 2.33 bits per heavy atom. The van der Waals surface area contributed by atoms with Crippen LogP contribution >= 0.6 is 11.3 Å². The Kier molecular flexibility index (Phi) is 8.31. The molecule has 2 aliphatic rings. The molecule has 1 atom stereocenters. The minimum atomic E-state index is -4.54. The number of amides is 2. The van der Waals surface area contributed by atoms with Gasteiger partial charge in [-0.05, 0) is 12.5 Å². The van der Waals surface area contributed by atoms with Gasteiger partial charge in [0.05, 0.1) is 23.4 Å². The number of carbonyl (C=O) groups is 4. The molecule has 0 aliphatic carbocycles. The van der Waals surface area contributed by atoms with E-state index >= 15 is 0 Å². The van der Waals surface area contributed by atoms with Gasteiger partial charge in [0.15, 0.2) is 5.78 Å². The summed E-state index contributed by atoms with van der Waals surface area (Å²) in [5.41, 5.74) is 0.542. The summed E-state index contributed by atoms with van der Waals surface area (Å²) in [6, 6.07) is 8.03. The summed E-state index contributed by atoms with van der Waals surface area (Å²) in [6.45, 7) is 2.19. The molecule has 1 unspecified atom stereocenters. The highest BCUT2D eigenvalue weighted by atomic mass is 32.1. The van der Waals surface area contributed by atoms with Crippen LogP contribution in [0.25, 0.3) is 0 Å². The van der Waals surface area contributed by atoms with Crippen molar-refractivity contribution in [3.05, 3.63) is 51.9 Å². The van der Waals surface area contributed by atoms with Crippen molar-refractivity contribution in [1.29, 1.82) is 0 Å². The minimum Gasteiger partial charge on any atom is -0.462 e. The van der Waals surface area contributed by atoms with E-state index in [2.05, 4.69) is 0 Å². The third kappa shape index (κ3) is 6.25. The van der Waals surface area contributed by atoms with Crippen molar-refractivity contribution in [1.82, 2.24) is 9.80 Å². The highest BCUT2D eigenvalue weighted by Gasteiger charge is 2.43. The number of piperidine rings is 1. The van der Waals surface area contributed by atoms with Gasteiger partial charge in [-0.3, -0.25) is 24.1 Å². The highest BCUT2D eigenvalue weighted by molar-refractivity contribution is 7.18. The average molecular weight is 568 g/mol. The summed E-state index contributed by atoms with van der Waals surface area (Å²) in [6.07, 6.45) is -7.10. The molecule has 2 aromatic rings. The van der Waals surface area contributed by atoms with Crippen LogP contribution in [0.2, 0.25) is 0 Å². The number of aliphatic hydroxyl groups excluding tert-OH is 1. The van der Waals surface area contributed by atoms with E-state index in [1.165, 1.54) is 26.0 Å². The quantitative estimate of drug-likeness (QED) is 0.403. The number of carbonyl (C=O) groups excluding carboxylic acids is 4. The maximum atomic E-state index is 13.5. The van der Waals surface area contributed by atoms with Gasteiger partial charge in [0.2, 0.25) is 6.35 Å². The largest absolute Gasteiger partial charge is 0.462 e. The number of nitrogens with zero attached hydrogens (tertiary/aromatic N) is 3. The smallest absolute Gasteiger partial charge is 0.390 e. The van der Waals surface area contributed by atoms with E-state index in [-0.39, 0.29) is 32.7 Å². The lowest BCUT2D eigenvalue weighted by Crippen LogP contribution is -2.57. The second-order valence-corrected chi connectivity index (χ2v) is 10.5. The van der Waals surface area contributed by atoms with Crippen molar-refractivity contribution in [3.8, 4) is 0 Å². The zero-order valence-electron chi connectivity index (χ0n) is 21.4. The van der Waals surface area contributed by atoms with Crippen LogP contribution in [-0.4, -0.2) is 83.3 Å². The van der Waals surface area contributed by atoms with Crippen molar-refractivity contribution < 1.29 is 42.2 Å². The number of Topliss-reactive ketones (excluding diaryl/α,β-unsaturated/α-hetero) is 1. The second-order valence-electron chi connectivity index (χ2n) is 9.46. The summed E-state index contributed by atoms with van der Waals surface area (Å²) < 4.78 is 44.7. The molecule has 2 amide bonds. The molecule has 210 valence electrons. The van der Waals surface area contributed by atoms with Crippen LogP contribution in [0.1, 0.15) is 62.1 Å². The maximum Gasteiger partial charge on any atom is 0.390 e. The van der Waals surface area contributed by atoms with Crippen molar-refractivity contribution >= 4 is 39.9 Å². The van der Waals surface area contributed by atoms with Crippen LogP contribution in [-0.2, 0) is 9.53 Å². The van der Waals surface area contributed by atoms with Gasteiger partial charge in [-0.15, -0.1) is 11.3 Å². The number of benzene rings is 1. The van der Waals surface area contributed by atoms with E-state index in [1.807, 2.05) is 0 Å². The van der Waals surface area contributed by atoms with E-state index in [1.54, 1.807) is 23.1 Å². The van der Waals surface area contributed by atoms with Gasteiger partial charge in [0, 0.05) is 45.0 Å². The normalized spacial score (nSPS) is 18.3. The molecular formula is C26H28F3N3O6S. The number of hydrogen-bond acceptors (Lipinski definition) is 8. The Labute approximate surface area is 226 Å². The number of esters is 1. The number of hydrogen-bond donors (Lipinski definition) is 1. The number of thiophene rings is 1. The van der Waals surface area contributed by atoms with Gasteiger partial charge in [-0.2, -0.15) is 13.2 Å². The molecular weight excluding hydrogens is 539 g/mol. The molecule has 1 aromatic carbocycles. The molecule has 39 heavy (non-hydrogen) atoms. The van der Waals surface area contributed by atoms with E-state index in [0.29, 0.717) is 25.9 Å². The van der Waals surface area contributed by atoms with Crippen LogP contribution in [0.4, 0.5) is 18.2 Å². The highest BCUT2D eigenvalue weighted by Crippen LogP contribution is 2.42. The van der Waals surface area contributed by atoms with E-state index in [0.717, 1.165) is 21.1 Å². The monoisotopic (exact) mass is 567 g/mol. The van der Waals surface area contributed by atoms with Crippen LogP contribution in [0, 0.1) is 6.92 Å². The molecule has 0 saturated carbocycles. The first kappa shape index (κ1) is 28.6. The lowest BCUT2D eigenvalue weighted by Gasteiger charge is -2.41. The molecule has 3 heterocycles. The molecule has 2 aliphatic heterocycles. The van der Waals surface area contributed by atoms with Crippen LogP contribution in [0.15, 0.2) is 30.3 Å². The van der Waals surface area contributed by atoms with Gasteiger partial charge >= 0.3 is 12.1 Å². The summed E-state index contributed by atoms with van der Waals surface area (Å²) in [5.74, 6) is -2.06. The Morgan fingerprint density at radius 1 is 1.10 bits per heavy atom. The molecule has 0 bridgehead atoms. The fourth-order valence-electron chi connectivity index (χ4n) is 4.72. The summed E-state index contributed by atoms with van der Waals surface area (Å²) in [7, 11) is 0. The zero-order valence-corrected chi connectivity index (χ0v) is 22.2. The molecule has 1 fully saturated rings. The van der Waals surface area contributed by atoms with E-state index in [4.69, 9.17) is 4.74 Å².